The molecule has 0 spiro atoms. The van der Waals surface area contributed by atoms with Crippen LogP contribution in [0.25, 0.3) is 0 Å². The SMILES string of the molecule is CCOc1ccnc(N(C)Cc2ncc(C)[nH]2)n1. The van der Waals surface area contributed by atoms with Crippen molar-refractivity contribution < 1.29 is 4.74 Å². The summed E-state index contributed by atoms with van der Waals surface area (Å²) in [6.07, 6.45) is 3.50. The largest absolute Gasteiger partial charge is 0.478 e. The molecular formula is C12H17N5O. The normalized spacial score (nSPS) is 10.4. The van der Waals surface area contributed by atoms with Crippen molar-refractivity contribution in [3.05, 3.63) is 30.0 Å². The maximum absolute atomic E-state index is 5.35. The number of imidazole rings is 1. The fourth-order valence-electron chi connectivity index (χ4n) is 1.59. The maximum Gasteiger partial charge on any atom is 0.228 e. The van der Waals surface area contributed by atoms with Crippen LogP contribution in [-0.4, -0.2) is 33.6 Å². The Bertz CT molecular complexity index is 511. The molecule has 2 aromatic rings. The molecule has 2 rings (SSSR count). The first-order chi connectivity index (χ1) is 8.69. The summed E-state index contributed by atoms with van der Waals surface area (Å²) in [5.74, 6) is 2.10. The Labute approximate surface area is 106 Å². The van der Waals surface area contributed by atoms with Gasteiger partial charge in [0.25, 0.3) is 0 Å². The van der Waals surface area contributed by atoms with Gasteiger partial charge in [-0.05, 0) is 13.8 Å². The average Bonchev–Trinajstić information content (AvgIpc) is 2.75. The van der Waals surface area contributed by atoms with Crippen molar-refractivity contribution in [3.8, 4) is 5.88 Å². The zero-order valence-corrected chi connectivity index (χ0v) is 10.8. The third-order valence-electron chi connectivity index (χ3n) is 2.39. The van der Waals surface area contributed by atoms with Gasteiger partial charge in [0.15, 0.2) is 0 Å². The molecule has 96 valence electrons. The topological polar surface area (TPSA) is 66.9 Å². The van der Waals surface area contributed by atoms with Crippen molar-refractivity contribution in [1.82, 2.24) is 19.9 Å². The van der Waals surface area contributed by atoms with Crippen molar-refractivity contribution in [2.24, 2.45) is 0 Å². The summed E-state index contributed by atoms with van der Waals surface area (Å²) < 4.78 is 5.35. The second-order valence-corrected chi connectivity index (χ2v) is 4.00. The number of hydrogen-bond acceptors (Lipinski definition) is 5. The van der Waals surface area contributed by atoms with Gasteiger partial charge >= 0.3 is 0 Å². The molecule has 0 aliphatic heterocycles. The van der Waals surface area contributed by atoms with E-state index in [1.165, 1.54) is 0 Å². The molecule has 0 aromatic carbocycles. The van der Waals surface area contributed by atoms with Gasteiger partial charge in [-0.3, -0.25) is 0 Å². The molecule has 0 saturated carbocycles. The number of aromatic nitrogens is 4. The number of aromatic amines is 1. The van der Waals surface area contributed by atoms with Gasteiger partial charge in [0, 0.05) is 31.2 Å². The number of nitrogens with one attached hydrogen (secondary N) is 1. The van der Waals surface area contributed by atoms with Gasteiger partial charge in [-0.2, -0.15) is 4.98 Å². The first-order valence-electron chi connectivity index (χ1n) is 5.86. The van der Waals surface area contributed by atoms with E-state index in [0.717, 1.165) is 11.5 Å². The summed E-state index contributed by atoms with van der Waals surface area (Å²) >= 11 is 0. The van der Waals surface area contributed by atoms with Crippen LogP contribution in [0.2, 0.25) is 0 Å². The molecule has 1 N–H and O–H groups in total. The van der Waals surface area contributed by atoms with Gasteiger partial charge in [-0.25, -0.2) is 9.97 Å². The molecule has 0 saturated heterocycles. The lowest BCUT2D eigenvalue weighted by atomic mass is 10.5. The highest BCUT2D eigenvalue weighted by Crippen LogP contribution is 2.12. The van der Waals surface area contributed by atoms with E-state index in [9.17, 15) is 0 Å². The van der Waals surface area contributed by atoms with Gasteiger partial charge in [-0.15, -0.1) is 0 Å². The minimum Gasteiger partial charge on any atom is -0.478 e. The molecule has 0 amide bonds. The van der Waals surface area contributed by atoms with E-state index in [1.807, 2.05) is 25.8 Å². The molecule has 2 heterocycles. The molecule has 0 aliphatic rings. The van der Waals surface area contributed by atoms with Crippen molar-refractivity contribution in [2.75, 3.05) is 18.6 Å². The van der Waals surface area contributed by atoms with Crippen LogP contribution < -0.4 is 9.64 Å². The highest BCUT2D eigenvalue weighted by molar-refractivity contribution is 5.31. The zero-order valence-electron chi connectivity index (χ0n) is 10.8. The Morgan fingerprint density at radius 3 is 2.89 bits per heavy atom. The second kappa shape index (κ2) is 5.48. The van der Waals surface area contributed by atoms with Crippen molar-refractivity contribution in [2.45, 2.75) is 20.4 Å². The molecule has 0 unspecified atom stereocenters. The van der Waals surface area contributed by atoms with Crippen LogP contribution in [0.4, 0.5) is 5.95 Å². The second-order valence-electron chi connectivity index (χ2n) is 4.00. The number of ether oxygens (including phenoxy) is 1. The van der Waals surface area contributed by atoms with Gasteiger partial charge in [0.2, 0.25) is 11.8 Å². The Balaban J connectivity index is 2.08. The summed E-state index contributed by atoms with van der Waals surface area (Å²) in [5, 5.41) is 0. The molecule has 0 fully saturated rings. The average molecular weight is 247 g/mol. The quantitative estimate of drug-likeness (QED) is 0.868. The number of anilines is 1. The standard InChI is InChI=1S/C12H17N5O/c1-4-18-11-5-6-13-12(16-11)17(3)8-10-14-7-9(2)15-10/h5-7H,4,8H2,1-3H3,(H,14,15). The Morgan fingerprint density at radius 2 is 2.22 bits per heavy atom. The monoisotopic (exact) mass is 247 g/mol. The fourth-order valence-corrected chi connectivity index (χ4v) is 1.59. The van der Waals surface area contributed by atoms with Gasteiger partial charge in [0.05, 0.1) is 13.2 Å². The third kappa shape index (κ3) is 2.97. The lowest BCUT2D eigenvalue weighted by Crippen LogP contribution is -2.20. The number of aryl methyl sites for hydroxylation is 1. The zero-order chi connectivity index (χ0) is 13.0. The summed E-state index contributed by atoms with van der Waals surface area (Å²) in [6.45, 7) is 5.13. The number of nitrogens with zero attached hydrogens (tertiary/aromatic N) is 4. The van der Waals surface area contributed by atoms with Crippen LogP contribution in [0.1, 0.15) is 18.4 Å². The molecule has 18 heavy (non-hydrogen) atoms. The van der Waals surface area contributed by atoms with Crippen LogP contribution in [-0.2, 0) is 6.54 Å². The molecule has 0 atom stereocenters. The highest BCUT2D eigenvalue weighted by Gasteiger charge is 2.08. The summed E-state index contributed by atoms with van der Waals surface area (Å²) in [7, 11) is 1.92. The first-order valence-corrected chi connectivity index (χ1v) is 5.86. The summed E-state index contributed by atoms with van der Waals surface area (Å²) in [5.41, 5.74) is 1.04. The van der Waals surface area contributed by atoms with Crippen LogP contribution in [0.5, 0.6) is 5.88 Å². The van der Waals surface area contributed by atoms with Crippen LogP contribution >= 0.6 is 0 Å². The Kier molecular flexibility index (Phi) is 3.76. The van der Waals surface area contributed by atoms with E-state index < -0.39 is 0 Å². The minimum atomic E-state index is 0.588. The molecular weight excluding hydrogens is 230 g/mol. The van der Waals surface area contributed by atoms with Crippen molar-refractivity contribution in [3.63, 3.8) is 0 Å². The van der Waals surface area contributed by atoms with Crippen molar-refractivity contribution in [1.29, 1.82) is 0 Å². The van der Waals surface area contributed by atoms with Crippen molar-refractivity contribution >= 4 is 5.95 Å². The molecule has 6 nitrogen and oxygen atoms in total. The summed E-state index contributed by atoms with van der Waals surface area (Å²) in [4.78, 5) is 17.9. The Hall–Kier alpha value is -2.11. The van der Waals surface area contributed by atoms with E-state index in [-0.39, 0.29) is 0 Å². The van der Waals surface area contributed by atoms with Crippen LogP contribution in [0.15, 0.2) is 18.5 Å². The number of H-pyrrole nitrogens is 1. The predicted molar refractivity (Wildman–Crippen MR) is 68.6 cm³/mol. The van der Waals surface area contributed by atoms with E-state index >= 15 is 0 Å². The minimum absolute atomic E-state index is 0.588. The smallest absolute Gasteiger partial charge is 0.228 e. The maximum atomic E-state index is 5.35. The van der Waals surface area contributed by atoms with Gasteiger partial charge < -0.3 is 14.6 Å². The van der Waals surface area contributed by atoms with E-state index in [0.29, 0.717) is 25.0 Å². The first kappa shape index (κ1) is 12.3. The summed E-state index contributed by atoms with van der Waals surface area (Å²) in [6, 6.07) is 1.75. The predicted octanol–water partition coefficient (Wildman–Crippen LogP) is 1.54. The van der Waals surface area contributed by atoms with E-state index in [1.54, 1.807) is 18.5 Å². The molecule has 0 aliphatic carbocycles. The van der Waals surface area contributed by atoms with E-state index in [4.69, 9.17) is 4.74 Å². The molecule has 0 radical (unpaired) electrons. The fraction of sp³-hybridized carbons (Fsp3) is 0.417. The number of hydrogen-bond donors (Lipinski definition) is 1. The number of rotatable bonds is 5. The van der Waals surface area contributed by atoms with Crippen LogP contribution in [0.3, 0.4) is 0 Å². The van der Waals surface area contributed by atoms with Gasteiger partial charge in [0.1, 0.15) is 5.82 Å². The van der Waals surface area contributed by atoms with Gasteiger partial charge in [-0.1, -0.05) is 0 Å². The third-order valence-corrected chi connectivity index (χ3v) is 2.39. The molecule has 2 aromatic heterocycles. The van der Waals surface area contributed by atoms with Crippen LogP contribution in [0, 0.1) is 6.92 Å². The lowest BCUT2D eigenvalue weighted by molar-refractivity contribution is 0.326. The lowest BCUT2D eigenvalue weighted by Gasteiger charge is -2.15. The molecule has 0 bridgehead atoms. The molecule has 6 heteroatoms. The highest BCUT2D eigenvalue weighted by atomic mass is 16.5. The Morgan fingerprint density at radius 1 is 1.39 bits per heavy atom. The van der Waals surface area contributed by atoms with E-state index in [2.05, 4.69) is 19.9 Å².